The number of β-amino-alcohol motifs (C(OH)–C–C–N with tert-alkyl or cyclic N) is 1. The van der Waals surface area contributed by atoms with Crippen LogP contribution in [0.1, 0.15) is 76.1 Å². The van der Waals surface area contributed by atoms with E-state index >= 15 is 0 Å². The van der Waals surface area contributed by atoms with Crippen LogP contribution in [-0.2, 0) is 44.8 Å². The number of nitrogens with one attached hydrogen (secondary N) is 2. The molecule has 302 valence electrons. The molecule has 0 spiro atoms. The van der Waals surface area contributed by atoms with Crippen LogP contribution in [0.2, 0.25) is 10.0 Å². The lowest BCUT2D eigenvalue weighted by atomic mass is 9.73. The second-order valence-electron chi connectivity index (χ2n) is 16.2. The van der Waals surface area contributed by atoms with Gasteiger partial charge in [-0.05, 0) is 62.6 Å². The van der Waals surface area contributed by atoms with Gasteiger partial charge < -0.3 is 35.1 Å². The summed E-state index contributed by atoms with van der Waals surface area (Å²) in [6.45, 7) is 3.34. The number of aliphatic hydroxyl groups is 2. The normalized spacial score (nSPS) is 22.3. The minimum Gasteiger partial charge on any atom is -0.481 e. The van der Waals surface area contributed by atoms with E-state index in [0.29, 0.717) is 61.0 Å². The number of carbonyl (C=O) groups is 3. The fourth-order valence-electron chi connectivity index (χ4n) is 9.78. The minimum absolute atomic E-state index is 0.211. The number of aliphatic carboxylic acids is 1. The summed E-state index contributed by atoms with van der Waals surface area (Å²) in [5.41, 5.74) is 4.85. The first kappa shape index (κ1) is 39.5. The lowest BCUT2D eigenvalue weighted by Gasteiger charge is -2.34. The van der Waals surface area contributed by atoms with Gasteiger partial charge in [-0.15, -0.1) is 0 Å². The molecule has 2 fully saturated rings. The summed E-state index contributed by atoms with van der Waals surface area (Å²) in [5.74, 6) is -0.223. The van der Waals surface area contributed by atoms with Crippen molar-refractivity contribution in [3.63, 3.8) is 0 Å². The lowest BCUT2D eigenvalue weighted by molar-refractivity contribution is -0.151. The van der Waals surface area contributed by atoms with Gasteiger partial charge in [0.2, 0.25) is 0 Å². The van der Waals surface area contributed by atoms with Crippen LogP contribution in [0.25, 0.3) is 11.1 Å². The number of aromatic nitrogens is 4. The fourth-order valence-corrected chi connectivity index (χ4v) is 10.3. The van der Waals surface area contributed by atoms with Crippen molar-refractivity contribution in [2.75, 3.05) is 43.4 Å². The molecule has 2 aliphatic heterocycles. The van der Waals surface area contributed by atoms with E-state index < -0.39 is 29.3 Å². The zero-order chi connectivity index (χ0) is 40.2. The molecule has 4 aliphatic rings. The van der Waals surface area contributed by atoms with Gasteiger partial charge in [-0.25, -0.2) is 9.97 Å². The Labute approximate surface area is 340 Å². The van der Waals surface area contributed by atoms with Gasteiger partial charge in [0.25, 0.3) is 11.8 Å². The number of imidazole rings is 2. The maximum absolute atomic E-state index is 13.7. The highest BCUT2D eigenvalue weighted by molar-refractivity contribution is 6.40. The van der Waals surface area contributed by atoms with Gasteiger partial charge in [0.1, 0.15) is 0 Å². The topological polar surface area (TPSA) is 178 Å². The molecule has 0 radical (unpaired) electrons. The van der Waals surface area contributed by atoms with Crippen molar-refractivity contribution in [1.29, 1.82) is 0 Å². The number of carbonyl (C=O) groups excluding carboxylic acids is 2. The average Bonchev–Trinajstić information content (AvgIpc) is 3.96. The van der Waals surface area contributed by atoms with E-state index in [0.717, 1.165) is 74.4 Å². The fraction of sp³-hybridized carbons (Fsp3) is 0.488. The molecule has 4 aromatic rings. The maximum atomic E-state index is 13.7. The zero-order valence-electron chi connectivity index (χ0n) is 32.1. The summed E-state index contributed by atoms with van der Waals surface area (Å²) in [4.78, 5) is 53.2. The molecule has 2 saturated carbocycles. The van der Waals surface area contributed by atoms with Crippen molar-refractivity contribution in [1.82, 2.24) is 28.9 Å². The molecule has 4 unspecified atom stereocenters. The Morgan fingerprint density at radius 3 is 1.95 bits per heavy atom. The number of carboxylic acids is 1. The number of fused-ring (bicyclic) bond motifs is 4. The largest absolute Gasteiger partial charge is 0.481 e. The number of hydrogen-bond donors (Lipinski definition) is 5. The molecule has 57 heavy (non-hydrogen) atoms. The molecule has 4 atom stereocenters. The smallest absolute Gasteiger partial charge is 0.309 e. The molecular formula is C41H48Cl2N8O6. The molecule has 2 amide bonds. The van der Waals surface area contributed by atoms with Crippen molar-refractivity contribution in [2.45, 2.75) is 64.1 Å². The minimum atomic E-state index is -0.846. The van der Waals surface area contributed by atoms with Gasteiger partial charge in [0.05, 0.1) is 50.9 Å². The van der Waals surface area contributed by atoms with Crippen molar-refractivity contribution in [2.24, 2.45) is 31.3 Å². The third-order valence-electron chi connectivity index (χ3n) is 12.8. The Morgan fingerprint density at radius 1 is 0.877 bits per heavy atom. The predicted octanol–water partition coefficient (Wildman–Crippen LogP) is 4.98. The number of rotatable bonds is 12. The number of amides is 2. The summed E-state index contributed by atoms with van der Waals surface area (Å²) in [6, 6.07) is 10.5. The Balaban J connectivity index is 0.936. The number of nitrogens with zero attached hydrogens (tertiary/aromatic N) is 6. The van der Waals surface area contributed by atoms with Crippen molar-refractivity contribution in [3.05, 3.63) is 80.9 Å². The van der Waals surface area contributed by atoms with E-state index in [2.05, 4.69) is 20.5 Å². The average molecular weight is 820 g/mol. The van der Waals surface area contributed by atoms with Crippen LogP contribution >= 0.6 is 23.2 Å². The third kappa shape index (κ3) is 7.36. The van der Waals surface area contributed by atoms with E-state index in [1.807, 2.05) is 16.5 Å². The first-order chi connectivity index (χ1) is 27.4. The predicted molar refractivity (Wildman–Crippen MR) is 215 cm³/mol. The Kier molecular flexibility index (Phi) is 11.0. The lowest BCUT2D eigenvalue weighted by Crippen LogP contribution is -2.38. The first-order valence-corrected chi connectivity index (χ1v) is 20.4. The first-order valence-electron chi connectivity index (χ1n) is 19.6. The molecule has 2 bridgehead atoms. The van der Waals surface area contributed by atoms with Crippen molar-refractivity contribution >= 4 is 52.4 Å². The van der Waals surface area contributed by atoms with E-state index in [-0.39, 0.29) is 34.2 Å². The van der Waals surface area contributed by atoms with E-state index in [4.69, 9.17) is 28.2 Å². The summed E-state index contributed by atoms with van der Waals surface area (Å²) >= 11 is 13.9. The van der Waals surface area contributed by atoms with Crippen molar-refractivity contribution in [3.8, 4) is 11.1 Å². The highest BCUT2D eigenvalue weighted by atomic mass is 35.5. The van der Waals surface area contributed by atoms with Crippen LogP contribution in [0.15, 0.2) is 36.4 Å². The van der Waals surface area contributed by atoms with Crippen molar-refractivity contribution < 1.29 is 29.7 Å². The Morgan fingerprint density at radius 2 is 1.42 bits per heavy atom. The molecule has 16 heteroatoms. The molecule has 2 aliphatic carbocycles. The van der Waals surface area contributed by atoms with Crippen LogP contribution in [0, 0.1) is 17.3 Å². The van der Waals surface area contributed by atoms with E-state index in [1.54, 1.807) is 48.0 Å². The molecule has 2 aromatic carbocycles. The summed E-state index contributed by atoms with van der Waals surface area (Å²) in [6.07, 6.45) is 5.04. The van der Waals surface area contributed by atoms with Gasteiger partial charge in [0.15, 0.2) is 11.6 Å². The van der Waals surface area contributed by atoms with Gasteiger partial charge in [0, 0.05) is 82.2 Å². The molecule has 2 aromatic heterocycles. The molecule has 8 rings (SSSR count). The Hall–Kier alpha value is -4.31. The summed E-state index contributed by atoms with van der Waals surface area (Å²) in [5, 5.41) is 35.6. The molecular weight excluding hydrogens is 771 g/mol. The second kappa shape index (κ2) is 15.8. The van der Waals surface area contributed by atoms with Crippen LogP contribution in [0.3, 0.4) is 0 Å². The highest BCUT2D eigenvalue weighted by Crippen LogP contribution is 2.59. The van der Waals surface area contributed by atoms with Gasteiger partial charge in [-0.3, -0.25) is 24.2 Å². The number of hydrogen-bond acceptors (Lipinski definition) is 9. The number of benzene rings is 2. The number of carboxylic acid groups (broad SMARTS) is 1. The SMILES string of the molecule is Cn1c(C(=O)Nc2cccc(-c3cccc(NC(=O)c4nc5c(n4C)CCN(CC(O)CO)C5)c3Cl)c2Cl)nc2c1CCN(CCC1CC3CCC1(C(=O)O)C3)C2. The maximum Gasteiger partial charge on any atom is 0.309 e. The van der Waals surface area contributed by atoms with Crippen LogP contribution in [-0.4, -0.2) is 101 Å². The summed E-state index contributed by atoms with van der Waals surface area (Å²) in [7, 11) is 3.64. The van der Waals surface area contributed by atoms with E-state index in [9.17, 15) is 29.7 Å². The highest BCUT2D eigenvalue weighted by Gasteiger charge is 2.56. The van der Waals surface area contributed by atoms with E-state index in [1.165, 1.54) is 0 Å². The summed E-state index contributed by atoms with van der Waals surface area (Å²) < 4.78 is 3.62. The van der Waals surface area contributed by atoms with Crippen LogP contribution in [0.4, 0.5) is 11.4 Å². The standard InChI is InChI=1S/C41H48Cl2N8O6/c1-48-32-11-15-50(14-10-24-17-23-9-13-41(24,18-23)40(56)57)20-30(32)44-36(48)38(54)46-28-7-3-5-26(34(28)42)27-6-4-8-29(35(27)43)47-39(55)37-45-31-21-51(19-25(53)22-52)16-12-33(31)49(37)2/h3-8,23-25,52-53H,9-22H2,1-2H3,(H,46,54)(H,47,55)(H,56,57). The zero-order valence-corrected chi connectivity index (χ0v) is 33.6. The molecule has 14 nitrogen and oxygen atoms in total. The van der Waals surface area contributed by atoms with Crippen LogP contribution in [0.5, 0.6) is 0 Å². The third-order valence-corrected chi connectivity index (χ3v) is 13.6. The molecule has 5 N–H and O–H groups in total. The second-order valence-corrected chi connectivity index (χ2v) is 16.9. The monoisotopic (exact) mass is 818 g/mol. The van der Waals surface area contributed by atoms with Gasteiger partial charge in [-0.1, -0.05) is 47.5 Å². The quantitative estimate of drug-likeness (QED) is 0.131. The number of aliphatic hydroxyl groups excluding tert-OH is 2. The molecule has 4 heterocycles. The molecule has 0 saturated heterocycles. The Bertz CT molecular complexity index is 2240. The number of halogens is 2. The van der Waals surface area contributed by atoms with Crippen LogP contribution < -0.4 is 10.6 Å². The number of anilines is 2. The van der Waals surface area contributed by atoms with Gasteiger partial charge in [-0.2, -0.15) is 0 Å². The van der Waals surface area contributed by atoms with Gasteiger partial charge >= 0.3 is 5.97 Å².